The van der Waals surface area contributed by atoms with Crippen molar-refractivity contribution in [1.29, 1.82) is 0 Å². The molecule has 11 heteroatoms. The number of amides is 1. The van der Waals surface area contributed by atoms with Crippen molar-refractivity contribution < 1.29 is 13.2 Å². The summed E-state index contributed by atoms with van der Waals surface area (Å²) in [6.45, 7) is 2.03. The molecule has 2 heterocycles. The average Bonchev–Trinajstić information content (AvgIpc) is 3.53. The summed E-state index contributed by atoms with van der Waals surface area (Å²) in [7, 11) is -3.57. The van der Waals surface area contributed by atoms with Crippen LogP contribution in [-0.4, -0.2) is 45.9 Å². The highest BCUT2D eigenvalue weighted by atomic mass is 32.2. The van der Waals surface area contributed by atoms with Crippen molar-refractivity contribution in [1.82, 2.24) is 24.5 Å². The van der Waals surface area contributed by atoms with Crippen molar-refractivity contribution in [2.45, 2.75) is 48.6 Å². The predicted octanol–water partition coefficient (Wildman–Crippen LogP) is 4.08. The van der Waals surface area contributed by atoms with Crippen LogP contribution in [0, 0.1) is 6.92 Å². The van der Waals surface area contributed by atoms with Crippen molar-refractivity contribution in [3.05, 3.63) is 66.6 Å². The fourth-order valence-corrected chi connectivity index (χ4v) is 6.26. The SMILES string of the molecule is Cc1ccc(-n2ncc3c(SCC(=O)Nc4ccc(S(=O)(=O)NC5CCCC5)cc4)ncnc32)cc1. The summed E-state index contributed by atoms with van der Waals surface area (Å²) in [4.78, 5) is 21.5. The molecule has 0 bridgehead atoms. The van der Waals surface area contributed by atoms with Gasteiger partial charge in [-0.2, -0.15) is 5.10 Å². The molecule has 2 aromatic heterocycles. The van der Waals surface area contributed by atoms with Gasteiger partial charge in [0.15, 0.2) is 5.65 Å². The van der Waals surface area contributed by atoms with E-state index in [1.165, 1.54) is 30.2 Å². The van der Waals surface area contributed by atoms with Crippen LogP contribution >= 0.6 is 11.8 Å². The van der Waals surface area contributed by atoms with Gasteiger partial charge in [0, 0.05) is 11.7 Å². The summed E-state index contributed by atoms with van der Waals surface area (Å²) in [6.07, 6.45) is 7.01. The van der Waals surface area contributed by atoms with Crippen LogP contribution in [0.2, 0.25) is 0 Å². The Morgan fingerprint density at radius 1 is 1.06 bits per heavy atom. The minimum Gasteiger partial charge on any atom is -0.325 e. The van der Waals surface area contributed by atoms with Gasteiger partial charge in [-0.3, -0.25) is 4.79 Å². The lowest BCUT2D eigenvalue weighted by Gasteiger charge is -2.13. The van der Waals surface area contributed by atoms with Crippen LogP contribution in [0.5, 0.6) is 0 Å². The molecule has 1 amide bonds. The highest BCUT2D eigenvalue weighted by Crippen LogP contribution is 2.26. The van der Waals surface area contributed by atoms with Gasteiger partial charge >= 0.3 is 0 Å². The van der Waals surface area contributed by atoms with E-state index in [4.69, 9.17) is 0 Å². The van der Waals surface area contributed by atoms with E-state index in [2.05, 4.69) is 25.1 Å². The van der Waals surface area contributed by atoms with Gasteiger partial charge in [0.2, 0.25) is 15.9 Å². The van der Waals surface area contributed by atoms with Gasteiger partial charge < -0.3 is 5.32 Å². The summed E-state index contributed by atoms with van der Waals surface area (Å²) in [5, 5.41) is 8.69. The molecule has 1 fully saturated rings. The van der Waals surface area contributed by atoms with E-state index in [9.17, 15) is 13.2 Å². The number of fused-ring (bicyclic) bond motifs is 1. The summed E-state index contributed by atoms with van der Waals surface area (Å²) >= 11 is 1.29. The third kappa shape index (κ3) is 5.43. The maximum Gasteiger partial charge on any atom is 0.240 e. The third-order valence-electron chi connectivity index (χ3n) is 6.07. The number of benzene rings is 2. The number of hydrogen-bond acceptors (Lipinski definition) is 7. The fourth-order valence-electron chi connectivity index (χ4n) is 4.19. The topological polar surface area (TPSA) is 119 Å². The standard InChI is InChI=1S/C25H26N6O3S2/c1-17-6-10-20(11-7-17)31-24-22(14-28-31)25(27-16-26-24)35-15-23(32)29-18-8-12-21(13-9-18)36(33,34)30-19-4-2-3-5-19/h6-14,16,19,30H,2-5,15H2,1H3,(H,29,32). The predicted molar refractivity (Wildman–Crippen MR) is 140 cm³/mol. The molecular weight excluding hydrogens is 496 g/mol. The first-order chi connectivity index (χ1) is 17.4. The Hall–Kier alpha value is -3.28. The molecule has 0 atom stereocenters. The minimum atomic E-state index is -3.57. The first kappa shape index (κ1) is 24.4. The van der Waals surface area contributed by atoms with E-state index >= 15 is 0 Å². The van der Waals surface area contributed by atoms with E-state index in [0.717, 1.165) is 42.3 Å². The van der Waals surface area contributed by atoms with E-state index < -0.39 is 10.0 Å². The van der Waals surface area contributed by atoms with Crippen LogP contribution in [0.15, 0.2) is 71.0 Å². The van der Waals surface area contributed by atoms with Crippen molar-refractivity contribution in [2.24, 2.45) is 0 Å². The summed E-state index contributed by atoms with van der Waals surface area (Å²) in [6, 6.07) is 14.2. The second-order valence-corrected chi connectivity index (χ2v) is 11.4. The third-order valence-corrected chi connectivity index (χ3v) is 8.61. The first-order valence-corrected chi connectivity index (χ1v) is 14.2. The minimum absolute atomic E-state index is 0.00339. The van der Waals surface area contributed by atoms with Crippen LogP contribution in [0.25, 0.3) is 16.7 Å². The molecule has 0 aliphatic heterocycles. The second kappa shape index (κ2) is 10.4. The molecule has 2 N–H and O–H groups in total. The molecule has 0 unspecified atom stereocenters. The number of sulfonamides is 1. The quantitative estimate of drug-likeness (QED) is 0.264. The molecule has 0 saturated heterocycles. The van der Waals surface area contributed by atoms with Crippen molar-refractivity contribution in [3.8, 4) is 5.69 Å². The van der Waals surface area contributed by atoms with E-state index in [1.807, 2.05) is 31.2 Å². The highest BCUT2D eigenvalue weighted by Gasteiger charge is 2.23. The number of carbonyl (C=O) groups excluding carboxylic acids is 1. The highest BCUT2D eigenvalue weighted by molar-refractivity contribution is 8.00. The number of nitrogens with zero attached hydrogens (tertiary/aromatic N) is 4. The Morgan fingerprint density at radius 3 is 2.50 bits per heavy atom. The number of rotatable bonds is 8. The van der Waals surface area contributed by atoms with Crippen molar-refractivity contribution in [2.75, 3.05) is 11.1 Å². The molecule has 4 aromatic rings. The van der Waals surface area contributed by atoms with Gasteiger partial charge in [-0.1, -0.05) is 42.3 Å². The number of hydrogen-bond donors (Lipinski definition) is 2. The number of thioether (sulfide) groups is 1. The smallest absolute Gasteiger partial charge is 0.240 e. The molecule has 2 aromatic carbocycles. The summed E-state index contributed by atoms with van der Waals surface area (Å²) in [5.41, 5.74) is 3.25. The van der Waals surface area contributed by atoms with Crippen molar-refractivity contribution in [3.63, 3.8) is 0 Å². The Labute approximate surface area is 213 Å². The van der Waals surface area contributed by atoms with Crippen LogP contribution < -0.4 is 10.0 Å². The van der Waals surface area contributed by atoms with Crippen LogP contribution in [0.4, 0.5) is 5.69 Å². The number of carbonyl (C=O) groups is 1. The lowest BCUT2D eigenvalue weighted by Crippen LogP contribution is -2.32. The number of aromatic nitrogens is 4. The second-order valence-electron chi connectivity index (χ2n) is 8.77. The van der Waals surface area contributed by atoms with E-state index in [1.54, 1.807) is 23.0 Å². The average molecular weight is 523 g/mol. The molecular formula is C25H26N6O3S2. The van der Waals surface area contributed by atoms with Crippen LogP contribution in [-0.2, 0) is 14.8 Å². The monoisotopic (exact) mass is 522 g/mol. The first-order valence-electron chi connectivity index (χ1n) is 11.7. The molecule has 9 nitrogen and oxygen atoms in total. The Balaban J connectivity index is 1.22. The molecule has 0 radical (unpaired) electrons. The van der Waals surface area contributed by atoms with Crippen LogP contribution in [0.1, 0.15) is 31.2 Å². The Bertz CT molecular complexity index is 1480. The summed E-state index contributed by atoms with van der Waals surface area (Å²) in [5.74, 6) is -0.0946. The van der Waals surface area contributed by atoms with Gasteiger partial charge in [-0.15, -0.1) is 0 Å². The zero-order valence-electron chi connectivity index (χ0n) is 19.7. The van der Waals surface area contributed by atoms with Gasteiger partial charge in [0.1, 0.15) is 11.4 Å². The van der Waals surface area contributed by atoms with Crippen molar-refractivity contribution >= 4 is 44.4 Å². The number of nitrogens with one attached hydrogen (secondary N) is 2. The maximum atomic E-state index is 12.6. The zero-order chi connectivity index (χ0) is 25.1. The normalized spacial score (nSPS) is 14.4. The number of aryl methyl sites for hydroxylation is 1. The Morgan fingerprint density at radius 2 is 1.78 bits per heavy atom. The molecule has 0 spiro atoms. The van der Waals surface area contributed by atoms with Gasteiger partial charge in [0.25, 0.3) is 0 Å². The molecule has 1 saturated carbocycles. The molecule has 1 aliphatic rings. The largest absolute Gasteiger partial charge is 0.325 e. The molecule has 5 rings (SSSR count). The molecule has 186 valence electrons. The molecule has 36 heavy (non-hydrogen) atoms. The van der Waals surface area contributed by atoms with E-state index in [0.29, 0.717) is 16.4 Å². The summed E-state index contributed by atoms with van der Waals surface area (Å²) < 4.78 is 29.7. The zero-order valence-corrected chi connectivity index (χ0v) is 21.3. The number of anilines is 1. The fraction of sp³-hybridized carbons (Fsp3) is 0.280. The lowest BCUT2D eigenvalue weighted by atomic mass is 10.2. The maximum absolute atomic E-state index is 12.6. The van der Waals surface area contributed by atoms with Gasteiger partial charge in [-0.05, 0) is 56.2 Å². The van der Waals surface area contributed by atoms with E-state index in [-0.39, 0.29) is 22.6 Å². The lowest BCUT2D eigenvalue weighted by molar-refractivity contribution is -0.113. The van der Waals surface area contributed by atoms with Gasteiger partial charge in [-0.25, -0.2) is 27.8 Å². The van der Waals surface area contributed by atoms with Crippen LogP contribution in [0.3, 0.4) is 0 Å². The molecule has 1 aliphatic carbocycles. The Kier molecular flexibility index (Phi) is 7.04. The van der Waals surface area contributed by atoms with Gasteiger partial charge in [0.05, 0.1) is 27.9 Å².